The molecule has 0 saturated heterocycles. The van der Waals surface area contributed by atoms with E-state index in [0.717, 1.165) is 0 Å². The van der Waals surface area contributed by atoms with E-state index in [1.54, 1.807) is 24.3 Å². The van der Waals surface area contributed by atoms with Crippen molar-refractivity contribution in [2.24, 2.45) is 0 Å². The van der Waals surface area contributed by atoms with Crippen molar-refractivity contribution in [2.75, 3.05) is 52.9 Å². The maximum atomic E-state index is 12.5. The van der Waals surface area contributed by atoms with E-state index < -0.39 is 12.7 Å². The van der Waals surface area contributed by atoms with E-state index in [1.807, 2.05) is 0 Å². The molecule has 280 valence electrons. The molecule has 0 aliphatic carbocycles. The second-order valence-electron chi connectivity index (χ2n) is 10.9. The van der Waals surface area contributed by atoms with E-state index in [2.05, 4.69) is 39.4 Å². The van der Waals surface area contributed by atoms with Gasteiger partial charge >= 0.3 is 12.7 Å². The minimum Gasteiger partial charge on any atom is -0.490 e. The number of benzene rings is 2. The molecule has 0 unspecified atom stereocenters. The Kier molecular flexibility index (Phi) is 11.8. The smallest absolute Gasteiger partial charge is 0.490 e. The highest BCUT2D eigenvalue weighted by Crippen LogP contribution is 2.29. The van der Waals surface area contributed by atoms with Crippen molar-refractivity contribution in [3.63, 3.8) is 0 Å². The number of nitrogens with zero attached hydrogens (tertiary/aromatic N) is 4. The Labute approximate surface area is 296 Å². The molecule has 4 aromatic heterocycles. The summed E-state index contributed by atoms with van der Waals surface area (Å²) >= 11 is 0. The van der Waals surface area contributed by atoms with Crippen LogP contribution in [0.5, 0.6) is 23.0 Å². The van der Waals surface area contributed by atoms with Crippen molar-refractivity contribution < 1.29 is 59.5 Å². The molecule has 2 N–H and O–H groups in total. The highest BCUT2D eigenvalue weighted by atomic mass is 19.4. The fraction of sp³-hybridized carbons (Fsp3) is 0.294. The normalized spacial score (nSPS) is 12.0. The third kappa shape index (κ3) is 11.2. The molecule has 0 amide bonds. The number of nitrogens with one attached hydrogen (secondary N) is 2. The summed E-state index contributed by atoms with van der Waals surface area (Å²) in [4.78, 5) is 23.2. The number of imidazole rings is 2. The number of fused-ring (bicyclic) bond motifs is 2. The summed E-state index contributed by atoms with van der Waals surface area (Å²) in [5, 5.41) is 0. The summed E-state index contributed by atoms with van der Waals surface area (Å²) in [6.45, 7) is 2.64. The van der Waals surface area contributed by atoms with Gasteiger partial charge in [-0.1, -0.05) is 0 Å². The van der Waals surface area contributed by atoms with E-state index in [4.69, 9.17) is 23.7 Å². The SMILES string of the molecule is FC(F)(F)Oc1ccc2nc(-c3ccc(OCCOCCOCCOCCOc4ccc(-c5nc6ccc(OC(F)(F)F)cc6[nH]5)nc4)cn3)[nH]c2c1. The molecule has 0 atom stereocenters. The van der Waals surface area contributed by atoms with E-state index >= 15 is 0 Å². The van der Waals surface area contributed by atoms with Gasteiger partial charge in [-0.25, -0.2) is 19.9 Å². The van der Waals surface area contributed by atoms with Crippen molar-refractivity contribution in [1.29, 1.82) is 0 Å². The number of H-pyrrole nitrogens is 2. The van der Waals surface area contributed by atoms with Gasteiger partial charge in [0.1, 0.15) is 47.6 Å². The number of aromatic amines is 2. The quantitative estimate of drug-likeness (QED) is 0.0701. The number of alkyl halides is 6. The average molecular weight is 749 g/mol. The van der Waals surface area contributed by atoms with Gasteiger partial charge < -0.3 is 43.1 Å². The molecule has 0 spiro atoms. The third-order valence-corrected chi connectivity index (χ3v) is 7.07. The van der Waals surface area contributed by atoms with E-state index in [9.17, 15) is 26.3 Å². The van der Waals surface area contributed by atoms with Crippen LogP contribution in [-0.4, -0.2) is 95.5 Å². The molecular weight excluding hydrogens is 718 g/mol. The Morgan fingerprint density at radius 1 is 0.472 bits per heavy atom. The monoisotopic (exact) mass is 748 g/mol. The molecule has 0 bridgehead atoms. The zero-order valence-corrected chi connectivity index (χ0v) is 27.5. The van der Waals surface area contributed by atoms with Crippen molar-refractivity contribution in [3.05, 3.63) is 73.1 Å². The molecule has 6 rings (SSSR count). The van der Waals surface area contributed by atoms with Crippen LogP contribution in [0.4, 0.5) is 26.3 Å². The molecule has 0 radical (unpaired) electrons. The van der Waals surface area contributed by atoms with Gasteiger partial charge in [0.15, 0.2) is 11.6 Å². The molecule has 0 saturated carbocycles. The van der Waals surface area contributed by atoms with Crippen LogP contribution < -0.4 is 18.9 Å². The zero-order valence-electron chi connectivity index (χ0n) is 27.5. The summed E-state index contributed by atoms with van der Waals surface area (Å²) in [7, 11) is 0. The predicted octanol–water partition coefficient (Wildman–Crippen LogP) is 6.87. The molecule has 19 heteroatoms. The highest BCUT2D eigenvalue weighted by Gasteiger charge is 2.32. The Bertz CT molecular complexity index is 1920. The molecule has 0 aliphatic rings. The largest absolute Gasteiger partial charge is 0.573 e. The summed E-state index contributed by atoms with van der Waals surface area (Å²) in [5.74, 6) is 1.07. The molecule has 13 nitrogen and oxygen atoms in total. The van der Waals surface area contributed by atoms with Crippen LogP contribution >= 0.6 is 0 Å². The van der Waals surface area contributed by atoms with Crippen molar-refractivity contribution in [2.45, 2.75) is 12.7 Å². The fourth-order valence-electron chi connectivity index (χ4n) is 4.80. The van der Waals surface area contributed by atoms with E-state index in [0.29, 0.717) is 96.2 Å². The van der Waals surface area contributed by atoms with E-state index in [1.165, 1.54) is 48.8 Å². The summed E-state index contributed by atoms with van der Waals surface area (Å²) in [6, 6.07) is 14.4. The molecule has 2 aromatic carbocycles. The Hall–Kier alpha value is -5.66. The number of aromatic nitrogens is 6. The van der Waals surface area contributed by atoms with Crippen LogP contribution in [0.1, 0.15) is 0 Å². The maximum absolute atomic E-state index is 12.5. The van der Waals surface area contributed by atoms with Gasteiger partial charge in [0.25, 0.3) is 0 Å². The van der Waals surface area contributed by atoms with Gasteiger partial charge in [-0.2, -0.15) is 0 Å². The number of rotatable bonds is 18. The number of pyridine rings is 2. The van der Waals surface area contributed by atoms with Gasteiger partial charge in [0.05, 0.1) is 74.1 Å². The van der Waals surface area contributed by atoms with Crippen LogP contribution in [0.15, 0.2) is 73.1 Å². The fourth-order valence-corrected chi connectivity index (χ4v) is 4.80. The van der Waals surface area contributed by atoms with Gasteiger partial charge in [-0.15, -0.1) is 26.3 Å². The Morgan fingerprint density at radius 3 is 1.21 bits per heavy atom. The second kappa shape index (κ2) is 16.8. The lowest BCUT2D eigenvalue weighted by Crippen LogP contribution is -2.16. The van der Waals surface area contributed by atoms with Crippen LogP contribution in [0, 0.1) is 0 Å². The first kappa shape index (κ1) is 37.1. The lowest BCUT2D eigenvalue weighted by molar-refractivity contribution is -0.275. The number of ether oxygens (including phenoxy) is 7. The minimum absolute atomic E-state index is 0.278. The third-order valence-electron chi connectivity index (χ3n) is 7.07. The van der Waals surface area contributed by atoms with Gasteiger partial charge in [0.2, 0.25) is 0 Å². The number of hydrogen-bond acceptors (Lipinski definition) is 11. The lowest BCUT2D eigenvalue weighted by atomic mass is 10.3. The van der Waals surface area contributed by atoms with Crippen molar-refractivity contribution >= 4 is 22.1 Å². The van der Waals surface area contributed by atoms with Crippen molar-refractivity contribution in [3.8, 4) is 46.0 Å². The highest BCUT2D eigenvalue weighted by molar-refractivity contribution is 5.81. The maximum Gasteiger partial charge on any atom is 0.573 e. The Balaban J connectivity index is 0.790. The first-order valence-electron chi connectivity index (χ1n) is 15.9. The first-order chi connectivity index (χ1) is 25.5. The van der Waals surface area contributed by atoms with Gasteiger partial charge in [-0.05, 0) is 48.5 Å². The Morgan fingerprint density at radius 2 is 0.849 bits per heavy atom. The van der Waals surface area contributed by atoms with Crippen molar-refractivity contribution in [1.82, 2.24) is 29.9 Å². The molecule has 4 heterocycles. The molecular formula is C34H30F6N6O7. The van der Waals surface area contributed by atoms with Crippen LogP contribution in [0.3, 0.4) is 0 Å². The van der Waals surface area contributed by atoms with Crippen LogP contribution in [0.2, 0.25) is 0 Å². The zero-order chi connectivity index (χ0) is 37.3. The lowest BCUT2D eigenvalue weighted by Gasteiger charge is -2.09. The van der Waals surface area contributed by atoms with Gasteiger partial charge in [-0.3, -0.25) is 0 Å². The van der Waals surface area contributed by atoms with Gasteiger partial charge in [0, 0.05) is 12.1 Å². The van der Waals surface area contributed by atoms with Crippen LogP contribution in [-0.2, 0) is 14.2 Å². The summed E-state index contributed by atoms with van der Waals surface area (Å²) in [5.41, 5.74) is 2.63. The molecule has 0 fully saturated rings. The molecule has 6 aromatic rings. The predicted molar refractivity (Wildman–Crippen MR) is 175 cm³/mol. The molecule has 53 heavy (non-hydrogen) atoms. The average Bonchev–Trinajstić information content (AvgIpc) is 3.73. The first-order valence-corrected chi connectivity index (χ1v) is 15.9. The van der Waals surface area contributed by atoms with E-state index in [-0.39, 0.29) is 24.7 Å². The second-order valence-corrected chi connectivity index (χ2v) is 10.9. The van der Waals surface area contributed by atoms with Crippen LogP contribution in [0.25, 0.3) is 45.1 Å². The molecule has 0 aliphatic heterocycles. The summed E-state index contributed by atoms with van der Waals surface area (Å²) < 4.78 is 111. The summed E-state index contributed by atoms with van der Waals surface area (Å²) in [6.07, 6.45) is -6.56. The topological polar surface area (TPSA) is 148 Å². The number of hydrogen-bond donors (Lipinski definition) is 2. The minimum atomic E-state index is -4.79. The number of halogens is 6. The standard InChI is InChI=1S/C34H30F6N6O7/c35-33(36,37)52-21-1-5-25-29(17-21)45-31(43-25)27-7-3-23(19-41-27)50-15-13-48-11-9-47-10-12-49-14-16-51-24-4-8-28(42-20-24)32-44-26-6-2-22(18-30(26)46-32)53-34(38,39)40/h1-8,17-20H,9-16H2,(H,43,45)(H,44,46).